The maximum absolute atomic E-state index is 6.77. The molecule has 0 aliphatic heterocycles. The van der Waals surface area contributed by atoms with Crippen LogP contribution in [-0.2, 0) is 4.74 Å². The van der Waals surface area contributed by atoms with Crippen LogP contribution in [0.5, 0.6) is 0 Å². The molecule has 0 aromatic carbocycles. The number of nitrogens with two attached hydrogens (primary N) is 1. The molecule has 2 rings (SSSR count). The van der Waals surface area contributed by atoms with Crippen molar-refractivity contribution in [2.75, 3.05) is 6.61 Å². The molecule has 2 saturated carbocycles. The summed E-state index contributed by atoms with van der Waals surface area (Å²) in [5.41, 5.74) is 6.75. The molecule has 2 aliphatic rings. The summed E-state index contributed by atoms with van der Waals surface area (Å²) in [6, 6.07) is 0.241. The van der Waals surface area contributed by atoms with Crippen LogP contribution in [0.3, 0.4) is 0 Å². The van der Waals surface area contributed by atoms with Gasteiger partial charge >= 0.3 is 0 Å². The quantitative estimate of drug-likeness (QED) is 0.830. The maximum Gasteiger partial charge on any atom is 0.0835 e. The predicted molar refractivity (Wildman–Crippen MR) is 85.6 cm³/mol. The zero-order valence-corrected chi connectivity index (χ0v) is 14.0. The summed E-state index contributed by atoms with van der Waals surface area (Å²) >= 11 is 0. The third-order valence-electron chi connectivity index (χ3n) is 6.31. The summed E-state index contributed by atoms with van der Waals surface area (Å²) in [4.78, 5) is 0. The fourth-order valence-corrected chi connectivity index (χ4v) is 4.46. The van der Waals surface area contributed by atoms with Crippen molar-refractivity contribution in [3.8, 4) is 0 Å². The Morgan fingerprint density at radius 3 is 2.25 bits per heavy atom. The normalized spacial score (nSPS) is 44.2. The molecule has 4 atom stereocenters. The van der Waals surface area contributed by atoms with Gasteiger partial charge in [0, 0.05) is 12.6 Å². The topological polar surface area (TPSA) is 35.2 Å². The summed E-state index contributed by atoms with van der Waals surface area (Å²) in [5, 5.41) is 0. The van der Waals surface area contributed by atoms with E-state index >= 15 is 0 Å². The molecule has 0 saturated heterocycles. The van der Waals surface area contributed by atoms with Gasteiger partial charge in [0.05, 0.1) is 5.60 Å². The molecule has 0 bridgehead atoms. The van der Waals surface area contributed by atoms with Crippen LogP contribution < -0.4 is 5.73 Å². The second kappa shape index (κ2) is 6.79. The Bertz CT molecular complexity index is 296. The highest BCUT2D eigenvalue weighted by molar-refractivity contribution is 4.99. The number of ether oxygens (including phenoxy) is 1. The first-order valence-corrected chi connectivity index (χ1v) is 8.88. The lowest BCUT2D eigenvalue weighted by molar-refractivity contribution is -0.105. The molecule has 2 N–H and O–H groups in total. The Hall–Kier alpha value is -0.0800. The molecule has 0 aromatic heterocycles. The molecular formula is C18H35NO. The predicted octanol–water partition coefficient (Wildman–Crippen LogP) is 4.37. The van der Waals surface area contributed by atoms with Crippen molar-refractivity contribution in [3.63, 3.8) is 0 Å². The van der Waals surface area contributed by atoms with Crippen molar-refractivity contribution >= 4 is 0 Å². The molecule has 0 radical (unpaired) electrons. The van der Waals surface area contributed by atoms with Gasteiger partial charge in [0.2, 0.25) is 0 Å². The summed E-state index contributed by atoms with van der Waals surface area (Å²) < 4.78 is 6.27. The summed E-state index contributed by atoms with van der Waals surface area (Å²) in [7, 11) is 0. The largest absolute Gasteiger partial charge is 0.374 e. The lowest BCUT2D eigenvalue weighted by Crippen LogP contribution is -2.56. The van der Waals surface area contributed by atoms with Crippen LogP contribution in [0.25, 0.3) is 0 Å². The molecular weight excluding hydrogens is 246 g/mol. The van der Waals surface area contributed by atoms with Crippen LogP contribution >= 0.6 is 0 Å². The second-order valence-electron chi connectivity index (χ2n) is 7.73. The van der Waals surface area contributed by atoms with Crippen LogP contribution in [0, 0.1) is 23.7 Å². The van der Waals surface area contributed by atoms with Crippen molar-refractivity contribution in [1.82, 2.24) is 0 Å². The van der Waals surface area contributed by atoms with Crippen molar-refractivity contribution in [3.05, 3.63) is 0 Å². The number of rotatable bonds is 4. The number of hydrogen-bond acceptors (Lipinski definition) is 2. The van der Waals surface area contributed by atoms with E-state index in [1.807, 2.05) is 0 Å². The molecule has 4 unspecified atom stereocenters. The van der Waals surface area contributed by atoms with E-state index in [0.29, 0.717) is 5.92 Å². The molecule has 2 fully saturated rings. The van der Waals surface area contributed by atoms with Gasteiger partial charge in [0.1, 0.15) is 0 Å². The smallest absolute Gasteiger partial charge is 0.0835 e. The van der Waals surface area contributed by atoms with E-state index < -0.39 is 0 Å². The van der Waals surface area contributed by atoms with E-state index in [2.05, 4.69) is 27.7 Å². The summed E-state index contributed by atoms with van der Waals surface area (Å²) in [6.45, 7) is 10.1. The van der Waals surface area contributed by atoms with E-state index in [9.17, 15) is 0 Å². The third kappa shape index (κ3) is 3.39. The van der Waals surface area contributed by atoms with Gasteiger partial charge in [-0.2, -0.15) is 0 Å². The zero-order valence-electron chi connectivity index (χ0n) is 14.0. The Kier molecular flexibility index (Phi) is 5.53. The third-order valence-corrected chi connectivity index (χ3v) is 6.31. The maximum atomic E-state index is 6.77. The Labute approximate surface area is 125 Å². The Morgan fingerprint density at radius 2 is 1.70 bits per heavy atom. The molecule has 118 valence electrons. The minimum Gasteiger partial charge on any atom is -0.374 e. The molecule has 0 spiro atoms. The van der Waals surface area contributed by atoms with E-state index in [4.69, 9.17) is 10.5 Å². The van der Waals surface area contributed by atoms with E-state index in [1.54, 1.807) is 0 Å². The Morgan fingerprint density at radius 1 is 1.05 bits per heavy atom. The highest BCUT2D eigenvalue weighted by Gasteiger charge is 2.44. The summed E-state index contributed by atoms with van der Waals surface area (Å²) in [6.07, 6.45) is 8.86. The van der Waals surface area contributed by atoms with Crippen LogP contribution in [0.15, 0.2) is 0 Å². The highest BCUT2D eigenvalue weighted by Crippen LogP contribution is 2.43. The SMILES string of the molecule is CCOC1(C(N)C2CCC(C)C(C)C2)CCC(C)CC1. The molecule has 0 aromatic rings. The summed E-state index contributed by atoms with van der Waals surface area (Å²) in [5.74, 6) is 3.20. The average molecular weight is 281 g/mol. The molecule has 2 aliphatic carbocycles. The van der Waals surface area contributed by atoms with Crippen LogP contribution in [0.1, 0.15) is 72.6 Å². The van der Waals surface area contributed by atoms with Crippen LogP contribution in [0.2, 0.25) is 0 Å². The fraction of sp³-hybridized carbons (Fsp3) is 1.00. The lowest BCUT2D eigenvalue weighted by atomic mass is 9.66. The van der Waals surface area contributed by atoms with Crippen molar-refractivity contribution in [2.24, 2.45) is 29.4 Å². The number of hydrogen-bond donors (Lipinski definition) is 1. The van der Waals surface area contributed by atoms with E-state index in [-0.39, 0.29) is 11.6 Å². The monoisotopic (exact) mass is 281 g/mol. The Balaban J connectivity index is 2.05. The van der Waals surface area contributed by atoms with Crippen molar-refractivity contribution < 1.29 is 4.74 Å². The lowest BCUT2D eigenvalue weighted by Gasteiger charge is -2.48. The molecule has 0 heterocycles. The second-order valence-corrected chi connectivity index (χ2v) is 7.73. The first-order valence-electron chi connectivity index (χ1n) is 8.88. The minimum atomic E-state index is -0.0216. The standard InChI is InChI=1S/C18H35NO/c1-5-20-18(10-8-13(2)9-11-18)17(19)16-7-6-14(3)15(4)12-16/h13-17H,5-12,19H2,1-4H3. The van der Waals surface area contributed by atoms with Crippen LogP contribution in [-0.4, -0.2) is 18.2 Å². The van der Waals surface area contributed by atoms with Gasteiger partial charge in [-0.15, -0.1) is 0 Å². The van der Waals surface area contributed by atoms with Gasteiger partial charge in [-0.05, 0) is 69.1 Å². The first kappa shape index (κ1) is 16.3. The van der Waals surface area contributed by atoms with Crippen LogP contribution in [0.4, 0.5) is 0 Å². The van der Waals surface area contributed by atoms with Crippen molar-refractivity contribution in [1.29, 1.82) is 0 Å². The van der Waals surface area contributed by atoms with Gasteiger partial charge in [-0.25, -0.2) is 0 Å². The average Bonchev–Trinajstić information content (AvgIpc) is 2.44. The van der Waals surface area contributed by atoms with Gasteiger partial charge in [-0.3, -0.25) is 0 Å². The highest BCUT2D eigenvalue weighted by atomic mass is 16.5. The van der Waals surface area contributed by atoms with Gasteiger partial charge in [0.15, 0.2) is 0 Å². The molecule has 0 amide bonds. The molecule has 2 heteroatoms. The van der Waals surface area contributed by atoms with E-state index in [0.717, 1.165) is 24.4 Å². The molecule has 20 heavy (non-hydrogen) atoms. The first-order chi connectivity index (χ1) is 9.48. The zero-order chi connectivity index (χ0) is 14.8. The van der Waals surface area contributed by atoms with E-state index in [1.165, 1.54) is 44.9 Å². The van der Waals surface area contributed by atoms with Gasteiger partial charge in [0.25, 0.3) is 0 Å². The fourth-order valence-electron chi connectivity index (χ4n) is 4.46. The minimum absolute atomic E-state index is 0.0216. The van der Waals surface area contributed by atoms with Crippen molar-refractivity contribution in [2.45, 2.75) is 84.3 Å². The molecule has 2 nitrogen and oxygen atoms in total. The van der Waals surface area contributed by atoms with Gasteiger partial charge in [-0.1, -0.05) is 27.2 Å². The van der Waals surface area contributed by atoms with Gasteiger partial charge < -0.3 is 10.5 Å².